The number of carbonyl (C=O) groups is 1. The lowest BCUT2D eigenvalue weighted by molar-refractivity contribution is 0.0660. The quantitative estimate of drug-likeness (QED) is 0.832. The molecule has 2 heterocycles. The Bertz CT molecular complexity index is 575. The standard InChI is InChI=1S/C12H12N2O3S/c1-6-5-7(2)14-11(13-6)10(18)8-3-4-9(17-8)12(15)16/h3-5,10,18H,1-2H3,(H,15,16). The molecule has 0 radical (unpaired) electrons. The number of nitrogens with zero attached hydrogens (tertiary/aromatic N) is 2. The number of carboxylic acid groups (broad SMARTS) is 1. The van der Waals surface area contributed by atoms with Gasteiger partial charge in [-0.3, -0.25) is 0 Å². The molecule has 2 aromatic rings. The Balaban J connectivity index is 2.34. The summed E-state index contributed by atoms with van der Waals surface area (Å²) in [6.45, 7) is 3.73. The average Bonchev–Trinajstić information content (AvgIpc) is 2.75. The summed E-state index contributed by atoms with van der Waals surface area (Å²) in [5.74, 6) is -0.306. The Morgan fingerprint density at radius 1 is 1.33 bits per heavy atom. The second kappa shape index (κ2) is 4.81. The van der Waals surface area contributed by atoms with Crippen LogP contribution in [0.1, 0.15) is 38.8 Å². The number of aryl methyl sites for hydroxylation is 2. The summed E-state index contributed by atoms with van der Waals surface area (Å²) in [6, 6.07) is 4.82. The van der Waals surface area contributed by atoms with E-state index in [-0.39, 0.29) is 5.76 Å². The van der Waals surface area contributed by atoms with Crippen LogP contribution in [0, 0.1) is 13.8 Å². The van der Waals surface area contributed by atoms with E-state index in [1.54, 1.807) is 6.07 Å². The first-order chi connectivity index (χ1) is 8.47. The number of aromatic nitrogens is 2. The van der Waals surface area contributed by atoms with Gasteiger partial charge in [0.1, 0.15) is 16.8 Å². The summed E-state index contributed by atoms with van der Waals surface area (Å²) >= 11 is 4.37. The van der Waals surface area contributed by atoms with Gasteiger partial charge in [-0.25, -0.2) is 14.8 Å². The maximum Gasteiger partial charge on any atom is 0.371 e. The SMILES string of the molecule is Cc1cc(C)nc(C(S)c2ccc(C(=O)O)o2)n1. The largest absolute Gasteiger partial charge is 0.475 e. The Kier molecular flexibility index (Phi) is 3.38. The molecule has 2 aromatic heterocycles. The van der Waals surface area contributed by atoms with Crippen molar-refractivity contribution in [2.45, 2.75) is 19.1 Å². The van der Waals surface area contributed by atoms with Gasteiger partial charge in [0.15, 0.2) is 0 Å². The molecule has 0 saturated carbocycles. The Hall–Kier alpha value is -1.82. The molecule has 1 N–H and O–H groups in total. The first-order valence-electron chi connectivity index (χ1n) is 5.30. The van der Waals surface area contributed by atoms with Gasteiger partial charge >= 0.3 is 5.97 Å². The minimum atomic E-state index is -1.11. The predicted octanol–water partition coefficient (Wildman–Crippen LogP) is 2.40. The summed E-state index contributed by atoms with van der Waals surface area (Å²) in [5, 5.41) is 8.31. The lowest BCUT2D eigenvalue weighted by atomic mass is 10.2. The van der Waals surface area contributed by atoms with Crippen LogP contribution >= 0.6 is 12.6 Å². The Morgan fingerprint density at radius 3 is 2.44 bits per heavy atom. The first kappa shape index (κ1) is 12.6. The van der Waals surface area contributed by atoms with Crippen molar-refractivity contribution in [2.75, 3.05) is 0 Å². The van der Waals surface area contributed by atoms with E-state index < -0.39 is 11.2 Å². The number of carboxylic acids is 1. The summed E-state index contributed by atoms with van der Waals surface area (Å²) in [6.07, 6.45) is 0. The number of hydrogen-bond acceptors (Lipinski definition) is 5. The number of aromatic carboxylic acids is 1. The highest BCUT2D eigenvalue weighted by Gasteiger charge is 2.19. The van der Waals surface area contributed by atoms with Crippen LogP contribution in [0.2, 0.25) is 0 Å². The number of rotatable bonds is 3. The minimum absolute atomic E-state index is 0.117. The molecule has 0 aliphatic heterocycles. The molecule has 0 amide bonds. The van der Waals surface area contributed by atoms with E-state index in [4.69, 9.17) is 9.52 Å². The minimum Gasteiger partial charge on any atom is -0.475 e. The molecule has 0 fully saturated rings. The number of hydrogen-bond donors (Lipinski definition) is 2. The van der Waals surface area contributed by atoms with Crippen molar-refractivity contribution in [3.8, 4) is 0 Å². The molecule has 18 heavy (non-hydrogen) atoms. The molecule has 2 rings (SSSR count). The predicted molar refractivity (Wildman–Crippen MR) is 68.0 cm³/mol. The van der Waals surface area contributed by atoms with Crippen LogP contribution in [0.3, 0.4) is 0 Å². The van der Waals surface area contributed by atoms with Gasteiger partial charge in [-0.2, -0.15) is 12.6 Å². The zero-order chi connectivity index (χ0) is 13.3. The molecule has 6 heteroatoms. The molecule has 1 unspecified atom stereocenters. The molecule has 0 saturated heterocycles. The van der Waals surface area contributed by atoms with E-state index in [1.165, 1.54) is 6.07 Å². The normalized spacial score (nSPS) is 12.4. The van der Waals surface area contributed by atoms with Gasteiger partial charge in [0.25, 0.3) is 0 Å². The van der Waals surface area contributed by atoms with Crippen LogP contribution in [0.25, 0.3) is 0 Å². The van der Waals surface area contributed by atoms with Crippen LogP contribution < -0.4 is 0 Å². The molecule has 0 bridgehead atoms. The molecule has 1 atom stereocenters. The van der Waals surface area contributed by atoms with Crippen molar-refractivity contribution >= 4 is 18.6 Å². The van der Waals surface area contributed by atoms with Crippen LogP contribution in [-0.2, 0) is 0 Å². The summed E-state index contributed by atoms with van der Waals surface area (Å²) < 4.78 is 5.19. The van der Waals surface area contributed by atoms with Gasteiger partial charge in [-0.1, -0.05) is 0 Å². The molecule has 0 aliphatic rings. The zero-order valence-electron chi connectivity index (χ0n) is 9.91. The molecule has 5 nitrogen and oxygen atoms in total. The van der Waals surface area contributed by atoms with Gasteiger partial charge < -0.3 is 9.52 Å². The van der Waals surface area contributed by atoms with Crippen molar-refractivity contribution in [3.63, 3.8) is 0 Å². The molecule has 94 valence electrons. The fraction of sp³-hybridized carbons (Fsp3) is 0.250. The van der Waals surface area contributed by atoms with Gasteiger partial charge in [0.05, 0.1) is 0 Å². The van der Waals surface area contributed by atoms with Crippen LogP contribution in [0.5, 0.6) is 0 Å². The van der Waals surface area contributed by atoms with Gasteiger partial charge in [-0.15, -0.1) is 0 Å². The van der Waals surface area contributed by atoms with Crippen molar-refractivity contribution in [3.05, 3.63) is 46.9 Å². The van der Waals surface area contributed by atoms with Gasteiger partial charge in [-0.05, 0) is 32.0 Å². The monoisotopic (exact) mass is 264 g/mol. The van der Waals surface area contributed by atoms with Crippen molar-refractivity contribution < 1.29 is 14.3 Å². The second-order valence-electron chi connectivity index (χ2n) is 3.92. The molecule has 0 aliphatic carbocycles. The van der Waals surface area contributed by atoms with Crippen LogP contribution in [0.15, 0.2) is 22.6 Å². The van der Waals surface area contributed by atoms with E-state index in [9.17, 15) is 4.79 Å². The maximum absolute atomic E-state index is 10.7. The first-order valence-corrected chi connectivity index (χ1v) is 5.82. The highest BCUT2D eigenvalue weighted by atomic mass is 32.1. The van der Waals surface area contributed by atoms with E-state index in [2.05, 4.69) is 22.6 Å². The van der Waals surface area contributed by atoms with Crippen molar-refractivity contribution in [1.82, 2.24) is 9.97 Å². The topological polar surface area (TPSA) is 76.2 Å². The third-order valence-electron chi connectivity index (χ3n) is 2.35. The van der Waals surface area contributed by atoms with Gasteiger partial charge in [0.2, 0.25) is 5.76 Å². The third kappa shape index (κ3) is 2.53. The van der Waals surface area contributed by atoms with Crippen molar-refractivity contribution in [1.29, 1.82) is 0 Å². The van der Waals surface area contributed by atoms with E-state index in [0.717, 1.165) is 11.4 Å². The van der Waals surface area contributed by atoms with Crippen LogP contribution in [0.4, 0.5) is 0 Å². The summed E-state index contributed by atoms with van der Waals surface area (Å²) in [7, 11) is 0. The van der Waals surface area contributed by atoms with E-state index in [1.807, 2.05) is 19.9 Å². The zero-order valence-corrected chi connectivity index (χ0v) is 10.8. The van der Waals surface area contributed by atoms with Gasteiger partial charge in [0, 0.05) is 11.4 Å². The maximum atomic E-state index is 10.7. The molecular weight excluding hydrogens is 252 g/mol. The fourth-order valence-electron chi connectivity index (χ4n) is 1.62. The highest BCUT2D eigenvalue weighted by molar-refractivity contribution is 7.80. The lowest BCUT2D eigenvalue weighted by Crippen LogP contribution is -2.02. The second-order valence-corrected chi connectivity index (χ2v) is 4.44. The summed E-state index contributed by atoms with van der Waals surface area (Å²) in [4.78, 5) is 19.3. The summed E-state index contributed by atoms with van der Waals surface area (Å²) in [5.41, 5.74) is 1.67. The highest BCUT2D eigenvalue weighted by Crippen LogP contribution is 2.27. The Labute approximate surface area is 109 Å². The molecule has 0 spiro atoms. The number of thiol groups is 1. The van der Waals surface area contributed by atoms with Crippen LogP contribution in [-0.4, -0.2) is 21.0 Å². The van der Waals surface area contributed by atoms with E-state index in [0.29, 0.717) is 11.6 Å². The third-order valence-corrected chi connectivity index (χ3v) is 2.84. The van der Waals surface area contributed by atoms with E-state index >= 15 is 0 Å². The average molecular weight is 264 g/mol. The lowest BCUT2D eigenvalue weighted by Gasteiger charge is -2.08. The fourth-order valence-corrected chi connectivity index (χ4v) is 1.87. The Morgan fingerprint density at radius 2 is 1.94 bits per heavy atom. The smallest absolute Gasteiger partial charge is 0.371 e. The van der Waals surface area contributed by atoms with Crippen molar-refractivity contribution in [2.24, 2.45) is 0 Å². The number of furan rings is 1. The molecule has 0 aromatic carbocycles. The molecular formula is C12H12N2O3S.